The maximum Gasteiger partial charge on any atom is 0.293 e. The monoisotopic (exact) mass is 316 g/mol. The Bertz CT molecular complexity index is 546. The highest BCUT2D eigenvalue weighted by molar-refractivity contribution is 5.37. The van der Waals surface area contributed by atoms with E-state index in [1.54, 1.807) is 0 Å². The number of carbonyl (C=O) groups excluding carboxylic acids is 1. The molecule has 124 valence electrons. The van der Waals surface area contributed by atoms with E-state index < -0.39 is 0 Å². The predicted octanol–water partition coefficient (Wildman–Crippen LogP) is 0.947. The molecule has 2 heterocycles. The lowest BCUT2D eigenvalue weighted by Crippen LogP contribution is -2.34. The summed E-state index contributed by atoms with van der Waals surface area (Å²) in [5.41, 5.74) is 8.99. The molecule has 0 aromatic carbocycles. The van der Waals surface area contributed by atoms with Gasteiger partial charge < -0.3 is 15.8 Å². The molecule has 6 nitrogen and oxygen atoms in total. The summed E-state index contributed by atoms with van der Waals surface area (Å²) in [5, 5.41) is 3.23. The smallest absolute Gasteiger partial charge is 0.293 e. The van der Waals surface area contributed by atoms with Gasteiger partial charge in [-0.25, -0.2) is 0 Å². The first-order chi connectivity index (χ1) is 11.3. The minimum absolute atomic E-state index is 0.297. The molecule has 0 aliphatic carbocycles. The lowest BCUT2D eigenvalue weighted by Gasteiger charge is -2.15. The van der Waals surface area contributed by atoms with Gasteiger partial charge in [-0.05, 0) is 24.6 Å². The number of hydrogen-bond acceptors (Lipinski definition) is 6. The van der Waals surface area contributed by atoms with Crippen LogP contribution in [0.25, 0.3) is 0 Å². The van der Waals surface area contributed by atoms with Gasteiger partial charge in [0.1, 0.15) is 6.10 Å². The van der Waals surface area contributed by atoms with Crippen LogP contribution in [0.2, 0.25) is 0 Å². The molecule has 1 aliphatic heterocycles. The zero-order chi connectivity index (χ0) is 16.5. The average Bonchev–Trinajstić information content (AvgIpc) is 2.99. The number of nitrogens with two attached hydrogens (primary N) is 1. The second-order valence-electron chi connectivity index (χ2n) is 5.40. The summed E-state index contributed by atoms with van der Waals surface area (Å²) < 4.78 is 4.87. The van der Waals surface area contributed by atoms with E-state index in [2.05, 4.69) is 27.3 Å². The molecule has 0 spiro atoms. The van der Waals surface area contributed by atoms with E-state index in [4.69, 9.17) is 10.5 Å². The molecular formula is C17H24N4O2. The molecule has 0 bridgehead atoms. The van der Waals surface area contributed by atoms with Crippen LogP contribution in [0.5, 0.6) is 0 Å². The molecular weight excluding hydrogens is 292 g/mol. The normalized spacial score (nSPS) is 16.3. The van der Waals surface area contributed by atoms with E-state index in [9.17, 15) is 4.79 Å². The van der Waals surface area contributed by atoms with E-state index >= 15 is 0 Å². The van der Waals surface area contributed by atoms with Crippen molar-refractivity contribution in [3.63, 3.8) is 0 Å². The van der Waals surface area contributed by atoms with Crippen LogP contribution in [0.4, 0.5) is 0 Å². The van der Waals surface area contributed by atoms with Crippen molar-refractivity contribution in [3.05, 3.63) is 53.5 Å². The van der Waals surface area contributed by atoms with Crippen LogP contribution in [0, 0.1) is 0 Å². The molecule has 0 radical (unpaired) electrons. The van der Waals surface area contributed by atoms with Crippen LogP contribution in [0.15, 0.2) is 42.3 Å². The van der Waals surface area contributed by atoms with Gasteiger partial charge in [-0.1, -0.05) is 18.2 Å². The number of hydrogen-bond donors (Lipinski definition) is 2. The zero-order valence-corrected chi connectivity index (χ0v) is 13.4. The minimum Gasteiger partial charge on any atom is -0.461 e. The highest BCUT2D eigenvalue weighted by Gasteiger charge is 2.17. The molecule has 3 N–H and O–H groups in total. The molecule has 1 aliphatic rings. The molecule has 6 heteroatoms. The molecule has 1 unspecified atom stereocenters. The molecule has 0 saturated carbocycles. The van der Waals surface area contributed by atoms with Gasteiger partial charge in [0.25, 0.3) is 6.47 Å². The molecule has 2 rings (SSSR count). The Morgan fingerprint density at radius 3 is 3.13 bits per heavy atom. The quantitative estimate of drug-likeness (QED) is 0.521. The average molecular weight is 316 g/mol. The Hall–Kier alpha value is -2.18. The lowest BCUT2D eigenvalue weighted by atomic mass is 10.2. The molecule has 0 fully saturated rings. The molecule has 0 saturated heterocycles. The molecule has 1 aromatic heterocycles. The van der Waals surface area contributed by atoms with Crippen molar-refractivity contribution < 1.29 is 9.53 Å². The van der Waals surface area contributed by atoms with E-state index in [0.29, 0.717) is 19.6 Å². The third-order valence-corrected chi connectivity index (χ3v) is 3.77. The first kappa shape index (κ1) is 17.2. The van der Waals surface area contributed by atoms with Gasteiger partial charge in [0.05, 0.1) is 12.2 Å². The van der Waals surface area contributed by atoms with Crippen molar-refractivity contribution in [2.45, 2.75) is 26.1 Å². The maximum atomic E-state index is 10.4. The standard InChI is InChI=1S/C17H24N4O2/c1-2-15(20-10-16(9-18)23-13-22)6-4-8-21-11-14-5-3-7-19-17(14)12-21/h2-7,13,16,20H,8-12,18H2,1H3/b6-4-,15-2+. The highest BCUT2D eigenvalue weighted by Crippen LogP contribution is 2.19. The maximum absolute atomic E-state index is 10.4. The number of carbonyl (C=O) groups is 1. The molecule has 1 aromatic rings. The van der Waals surface area contributed by atoms with Crippen molar-refractivity contribution in [1.29, 1.82) is 0 Å². The van der Waals surface area contributed by atoms with E-state index in [1.165, 1.54) is 11.3 Å². The second-order valence-corrected chi connectivity index (χ2v) is 5.40. The molecule has 1 atom stereocenters. The number of nitrogens with zero attached hydrogens (tertiary/aromatic N) is 2. The predicted molar refractivity (Wildman–Crippen MR) is 89.2 cm³/mol. The fourth-order valence-corrected chi connectivity index (χ4v) is 2.48. The van der Waals surface area contributed by atoms with Gasteiger partial charge in [0.2, 0.25) is 0 Å². The van der Waals surface area contributed by atoms with Gasteiger partial charge in [-0.3, -0.25) is 14.7 Å². The van der Waals surface area contributed by atoms with Crippen LogP contribution in [-0.4, -0.2) is 42.1 Å². The summed E-state index contributed by atoms with van der Waals surface area (Å²) >= 11 is 0. The number of ether oxygens (including phenoxy) is 1. The van der Waals surface area contributed by atoms with Crippen LogP contribution in [0.1, 0.15) is 18.2 Å². The van der Waals surface area contributed by atoms with Gasteiger partial charge in [-0.15, -0.1) is 0 Å². The lowest BCUT2D eigenvalue weighted by molar-refractivity contribution is -0.132. The van der Waals surface area contributed by atoms with Crippen molar-refractivity contribution >= 4 is 6.47 Å². The summed E-state index contributed by atoms with van der Waals surface area (Å²) in [4.78, 5) is 17.1. The number of aromatic nitrogens is 1. The van der Waals surface area contributed by atoms with Gasteiger partial charge in [0.15, 0.2) is 0 Å². The third-order valence-electron chi connectivity index (χ3n) is 3.77. The minimum atomic E-state index is -0.310. The fraction of sp³-hybridized carbons (Fsp3) is 0.412. The first-order valence-electron chi connectivity index (χ1n) is 7.77. The van der Waals surface area contributed by atoms with Crippen molar-refractivity contribution in [1.82, 2.24) is 15.2 Å². The Kier molecular flexibility index (Phi) is 6.77. The van der Waals surface area contributed by atoms with Crippen LogP contribution < -0.4 is 11.1 Å². The number of allylic oxidation sites excluding steroid dienone is 2. The van der Waals surface area contributed by atoms with E-state index in [-0.39, 0.29) is 6.10 Å². The Morgan fingerprint density at radius 1 is 1.57 bits per heavy atom. The first-order valence-corrected chi connectivity index (χ1v) is 7.77. The van der Waals surface area contributed by atoms with E-state index in [0.717, 1.165) is 25.3 Å². The van der Waals surface area contributed by atoms with Crippen LogP contribution >= 0.6 is 0 Å². The van der Waals surface area contributed by atoms with Gasteiger partial charge in [-0.2, -0.15) is 0 Å². The number of rotatable bonds is 9. The van der Waals surface area contributed by atoms with Crippen LogP contribution in [0.3, 0.4) is 0 Å². The largest absolute Gasteiger partial charge is 0.461 e. The van der Waals surface area contributed by atoms with Gasteiger partial charge in [0, 0.05) is 38.1 Å². The highest BCUT2D eigenvalue weighted by atomic mass is 16.5. The Labute approximate surface area is 137 Å². The number of fused-ring (bicyclic) bond motifs is 1. The van der Waals surface area contributed by atoms with Crippen molar-refractivity contribution in [3.8, 4) is 0 Å². The topological polar surface area (TPSA) is 80.5 Å². The SMILES string of the molecule is C/C=C(\C=C/CN1Cc2cccnc2C1)NCC(CN)OC=O. The fourth-order valence-electron chi connectivity index (χ4n) is 2.48. The Morgan fingerprint density at radius 2 is 2.43 bits per heavy atom. The second kappa shape index (κ2) is 9.07. The molecule has 0 amide bonds. The molecule has 23 heavy (non-hydrogen) atoms. The number of nitrogens with one attached hydrogen (secondary N) is 1. The summed E-state index contributed by atoms with van der Waals surface area (Å²) in [6, 6.07) is 4.11. The Balaban J connectivity index is 1.77. The summed E-state index contributed by atoms with van der Waals surface area (Å²) in [5.74, 6) is 0. The van der Waals surface area contributed by atoms with Crippen LogP contribution in [-0.2, 0) is 22.6 Å². The van der Waals surface area contributed by atoms with Gasteiger partial charge >= 0.3 is 0 Å². The van der Waals surface area contributed by atoms with Crippen molar-refractivity contribution in [2.75, 3.05) is 19.6 Å². The summed E-state index contributed by atoms with van der Waals surface area (Å²) in [6.45, 7) is 5.88. The summed E-state index contributed by atoms with van der Waals surface area (Å²) in [7, 11) is 0. The van der Waals surface area contributed by atoms with Crippen molar-refractivity contribution in [2.24, 2.45) is 5.73 Å². The zero-order valence-electron chi connectivity index (χ0n) is 13.4. The summed E-state index contributed by atoms with van der Waals surface area (Å²) in [6.07, 6.45) is 7.66. The van der Waals surface area contributed by atoms with E-state index in [1.807, 2.05) is 31.3 Å². The third kappa shape index (κ3) is 5.19. The number of pyridine rings is 1.